The molecule has 26 heavy (non-hydrogen) atoms. The number of carbonyl (C=O) groups excluding carboxylic acids is 1. The summed E-state index contributed by atoms with van der Waals surface area (Å²) in [6, 6.07) is 19.7. The lowest BCUT2D eigenvalue weighted by atomic mass is 9.91. The first-order valence-electron chi connectivity index (χ1n) is 8.62. The van der Waals surface area contributed by atoms with Gasteiger partial charge in [-0.15, -0.1) is 0 Å². The average molecular weight is 354 g/mol. The molecule has 1 fully saturated rings. The Morgan fingerprint density at radius 3 is 2.19 bits per heavy atom. The van der Waals surface area contributed by atoms with Gasteiger partial charge in [0.05, 0.1) is 13.2 Å². The number of nitrogens with zero attached hydrogens (tertiary/aromatic N) is 1. The summed E-state index contributed by atoms with van der Waals surface area (Å²) in [7, 11) is 0. The van der Waals surface area contributed by atoms with Crippen LogP contribution in [0.1, 0.15) is 17.0 Å². The maximum Gasteiger partial charge on any atom is 0.334 e. The van der Waals surface area contributed by atoms with Gasteiger partial charge >= 0.3 is 12.0 Å². The number of carboxylic acid groups (broad SMARTS) is 1. The quantitative estimate of drug-likeness (QED) is 0.864. The van der Waals surface area contributed by atoms with Gasteiger partial charge in [-0.25, -0.2) is 9.59 Å². The lowest BCUT2D eigenvalue weighted by Crippen LogP contribution is -2.52. The molecule has 0 aromatic heterocycles. The summed E-state index contributed by atoms with van der Waals surface area (Å²) in [6.45, 7) is 1.10. The molecule has 0 bridgehead atoms. The van der Waals surface area contributed by atoms with Crippen molar-refractivity contribution >= 4 is 12.0 Å². The Labute approximate surface area is 152 Å². The summed E-state index contributed by atoms with van der Waals surface area (Å²) in [5.74, 6) is -1.02. The molecule has 0 saturated carbocycles. The number of nitrogens with one attached hydrogen (secondary N) is 1. The molecule has 2 N–H and O–H groups in total. The van der Waals surface area contributed by atoms with Crippen LogP contribution in [-0.4, -0.2) is 54.4 Å². The second-order valence-corrected chi connectivity index (χ2v) is 6.20. The summed E-state index contributed by atoms with van der Waals surface area (Å²) in [5.41, 5.74) is 2.23. The van der Waals surface area contributed by atoms with E-state index in [4.69, 9.17) is 9.84 Å². The van der Waals surface area contributed by atoms with Gasteiger partial charge in [0.15, 0.2) is 6.10 Å². The minimum absolute atomic E-state index is 0.0256. The Hall–Kier alpha value is -2.86. The second-order valence-electron chi connectivity index (χ2n) is 6.20. The lowest BCUT2D eigenvalue weighted by molar-refractivity contribution is -0.154. The van der Waals surface area contributed by atoms with Crippen LogP contribution in [0.2, 0.25) is 0 Å². The number of morpholine rings is 1. The number of hydrogen-bond donors (Lipinski definition) is 2. The maximum atomic E-state index is 12.5. The fourth-order valence-electron chi connectivity index (χ4n) is 3.08. The Morgan fingerprint density at radius 2 is 1.65 bits per heavy atom. The molecule has 1 atom stereocenters. The van der Waals surface area contributed by atoms with E-state index in [1.165, 1.54) is 4.90 Å². The maximum absolute atomic E-state index is 12.5. The summed E-state index contributed by atoms with van der Waals surface area (Å²) in [4.78, 5) is 25.1. The van der Waals surface area contributed by atoms with Gasteiger partial charge in [-0.3, -0.25) is 0 Å². The molecule has 2 amide bonds. The predicted octanol–water partition coefficient (Wildman–Crippen LogP) is 2.31. The first-order valence-corrected chi connectivity index (χ1v) is 8.62. The van der Waals surface area contributed by atoms with Gasteiger partial charge in [0.2, 0.25) is 0 Å². The van der Waals surface area contributed by atoms with Crippen LogP contribution in [0.25, 0.3) is 0 Å². The number of hydrogen-bond acceptors (Lipinski definition) is 3. The SMILES string of the molecule is O=C(O)C1CN(C(=O)NCC(c2ccccc2)c2ccccc2)CCO1. The average Bonchev–Trinajstić information content (AvgIpc) is 2.69. The number of carbonyl (C=O) groups is 2. The van der Waals surface area contributed by atoms with E-state index < -0.39 is 12.1 Å². The summed E-state index contributed by atoms with van der Waals surface area (Å²) < 4.78 is 5.16. The summed E-state index contributed by atoms with van der Waals surface area (Å²) in [6.07, 6.45) is -0.964. The highest BCUT2D eigenvalue weighted by atomic mass is 16.5. The standard InChI is InChI=1S/C20H22N2O4/c23-19(24)18-14-22(11-12-26-18)20(25)21-13-17(15-7-3-1-4-8-15)16-9-5-2-6-10-16/h1-10,17-18H,11-14H2,(H,21,25)(H,23,24). The third-order valence-electron chi connectivity index (χ3n) is 4.49. The molecule has 1 saturated heterocycles. The predicted molar refractivity (Wildman–Crippen MR) is 97.1 cm³/mol. The zero-order valence-corrected chi connectivity index (χ0v) is 14.4. The van der Waals surface area contributed by atoms with E-state index in [0.717, 1.165) is 11.1 Å². The monoisotopic (exact) mass is 354 g/mol. The molecule has 1 unspecified atom stereocenters. The van der Waals surface area contributed by atoms with Crippen molar-refractivity contribution < 1.29 is 19.4 Å². The molecule has 3 rings (SSSR count). The van der Waals surface area contributed by atoms with Gasteiger partial charge in [-0.05, 0) is 11.1 Å². The normalized spacial score (nSPS) is 17.1. The van der Waals surface area contributed by atoms with Crippen molar-refractivity contribution in [2.75, 3.05) is 26.2 Å². The number of amides is 2. The molecule has 2 aromatic carbocycles. The molecule has 0 radical (unpaired) electrons. The van der Waals surface area contributed by atoms with Crippen molar-refractivity contribution in [3.63, 3.8) is 0 Å². The van der Waals surface area contributed by atoms with Gasteiger partial charge < -0.3 is 20.1 Å². The lowest BCUT2D eigenvalue weighted by Gasteiger charge is -2.31. The van der Waals surface area contributed by atoms with Gasteiger partial charge in [-0.1, -0.05) is 60.7 Å². The summed E-state index contributed by atoms with van der Waals surface area (Å²) >= 11 is 0. The number of urea groups is 1. The van der Waals surface area contributed by atoms with Crippen molar-refractivity contribution in [2.24, 2.45) is 0 Å². The van der Waals surface area contributed by atoms with Crippen molar-refractivity contribution in [1.29, 1.82) is 0 Å². The van der Waals surface area contributed by atoms with Crippen LogP contribution in [0.4, 0.5) is 4.79 Å². The van der Waals surface area contributed by atoms with Gasteiger partial charge in [0, 0.05) is 19.0 Å². The molecule has 6 nitrogen and oxygen atoms in total. The molecule has 136 valence electrons. The van der Waals surface area contributed by atoms with Crippen molar-refractivity contribution in [2.45, 2.75) is 12.0 Å². The molecule has 6 heteroatoms. The van der Waals surface area contributed by atoms with E-state index in [9.17, 15) is 9.59 Å². The van der Waals surface area contributed by atoms with Crippen LogP contribution < -0.4 is 5.32 Å². The zero-order valence-electron chi connectivity index (χ0n) is 14.4. The van der Waals surface area contributed by atoms with E-state index in [-0.39, 0.29) is 25.1 Å². The zero-order chi connectivity index (χ0) is 18.4. The minimum Gasteiger partial charge on any atom is -0.479 e. The van der Waals surface area contributed by atoms with Gasteiger partial charge in [0.25, 0.3) is 0 Å². The molecule has 2 aromatic rings. The van der Waals surface area contributed by atoms with E-state index >= 15 is 0 Å². The highest BCUT2D eigenvalue weighted by Crippen LogP contribution is 2.23. The second kappa shape index (κ2) is 8.49. The van der Waals surface area contributed by atoms with Crippen LogP contribution in [0, 0.1) is 0 Å². The number of aliphatic carboxylic acids is 1. The van der Waals surface area contributed by atoms with Crippen molar-refractivity contribution in [3.05, 3.63) is 71.8 Å². The Kier molecular flexibility index (Phi) is 5.86. The molecule has 1 aliphatic heterocycles. The largest absolute Gasteiger partial charge is 0.479 e. The number of ether oxygens (including phenoxy) is 1. The van der Waals surface area contributed by atoms with Gasteiger partial charge in [0.1, 0.15) is 0 Å². The summed E-state index contributed by atoms with van der Waals surface area (Å²) in [5, 5.41) is 12.0. The molecular formula is C20H22N2O4. The van der Waals surface area contributed by atoms with Crippen LogP contribution in [-0.2, 0) is 9.53 Å². The first kappa shape index (κ1) is 17.9. The number of rotatable bonds is 5. The Morgan fingerprint density at radius 1 is 1.08 bits per heavy atom. The van der Waals surface area contributed by atoms with E-state index in [0.29, 0.717) is 13.1 Å². The minimum atomic E-state index is -1.05. The van der Waals surface area contributed by atoms with Gasteiger partial charge in [-0.2, -0.15) is 0 Å². The van der Waals surface area contributed by atoms with E-state index in [1.54, 1.807) is 0 Å². The third-order valence-corrected chi connectivity index (χ3v) is 4.49. The molecule has 1 heterocycles. The first-order chi connectivity index (χ1) is 12.6. The van der Waals surface area contributed by atoms with Crippen LogP contribution >= 0.6 is 0 Å². The molecule has 0 spiro atoms. The highest BCUT2D eigenvalue weighted by Gasteiger charge is 2.29. The van der Waals surface area contributed by atoms with Crippen molar-refractivity contribution in [3.8, 4) is 0 Å². The fourth-order valence-corrected chi connectivity index (χ4v) is 3.08. The highest BCUT2D eigenvalue weighted by molar-refractivity contribution is 5.77. The third kappa shape index (κ3) is 4.40. The topological polar surface area (TPSA) is 78.9 Å². The number of carboxylic acids is 1. The van der Waals surface area contributed by atoms with Crippen molar-refractivity contribution in [1.82, 2.24) is 10.2 Å². The molecule has 1 aliphatic rings. The fraction of sp³-hybridized carbons (Fsp3) is 0.300. The van der Waals surface area contributed by atoms with E-state index in [2.05, 4.69) is 5.32 Å². The molecule has 0 aliphatic carbocycles. The number of benzene rings is 2. The van der Waals surface area contributed by atoms with Crippen LogP contribution in [0.15, 0.2) is 60.7 Å². The Bertz CT molecular complexity index is 696. The van der Waals surface area contributed by atoms with E-state index in [1.807, 2.05) is 60.7 Å². The van der Waals surface area contributed by atoms with Crippen LogP contribution in [0.3, 0.4) is 0 Å². The Balaban J connectivity index is 1.68. The van der Waals surface area contributed by atoms with Crippen LogP contribution in [0.5, 0.6) is 0 Å². The smallest absolute Gasteiger partial charge is 0.334 e. The molecular weight excluding hydrogens is 332 g/mol.